The number of benzene rings is 1. The lowest BCUT2D eigenvalue weighted by Crippen LogP contribution is -1.93. The Morgan fingerprint density at radius 1 is 1.29 bits per heavy atom. The van der Waals surface area contributed by atoms with Crippen molar-refractivity contribution < 1.29 is 4.74 Å². The Kier molecular flexibility index (Phi) is 2.95. The van der Waals surface area contributed by atoms with E-state index >= 15 is 0 Å². The molecule has 2 aromatic heterocycles. The molecule has 6 heteroatoms. The maximum atomic E-state index is 6.95. The Bertz CT molecular complexity index is 876. The number of hydrogen-bond donors (Lipinski definition) is 1. The SMILES string of the molecule is [C-]#[N+]c1cc(C)c(Oc2cc(N)c3ncn(C)c3c2)cn1. The number of rotatable bonds is 2. The van der Waals surface area contributed by atoms with Crippen LogP contribution in [0, 0.1) is 13.5 Å². The average Bonchev–Trinajstić information content (AvgIpc) is 2.83. The van der Waals surface area contributed by atoms with Gasteiger partial charge < -0.3 is 19.9 Å². The molecule has 2 N–H and O–H groups in total. The quantitative estimate of drug-likeness (QED) is 0.577. The predicted octanol–water partition coefficient (Wildman–Crippen LogP) is 3.20. The molecule has 0 aliphatic carbocycles. The molecule has 6 nitrogen and oxygen atoms in total. The van der Waals surface area contributed by atoms with Crippen LogP contribution in [-0.4, -0.2) is 14.5 Å². The van der Waals surface area contributed by atoms with Gasteiger partial charge in [0.2, 0.25) is 0 Å². The number of fused-ring (bicyclic) bond motifs is 1. The second kappa shape index (κ2) is 4.80. The largest absolute Gasteiger partial charge is 0.453 e. The summed E-state index contributed by atoms with van der Waals surface area (Å²) < 4.78 is 7.72. The minimum atomic E-state index is 0.349. The highest BCUT2D eigenvalue weighted by Crippen LogP contribution is 2.31. The first-order chi connectivity index (χ1) is 10.1. The first-order valence-corrected chi connectivity index (χ1v) is 6.31. The lowest BCUT2D eigenvalue weighted by atomic mass is 10.2. The number of nitrogen functional groups attached to an aromatic ring is 1. The average molecular weight is 279 g/mol. The van der Waals surface area contributed by atoms with Crippen molar-refractivity contribution in [2.24, 2.45) is 7.05 Å². The fourth-order valence-corrected chi connectivity index (χ4v) is 2.11. The summed E-state index contributed by atoms with van der Waals surface area (Å²) in [6, 6.07) is 5.30. The molecule has 3 aromatic rings. The summed E-state index contributed by atoms with van der Waals surface area (Å²) in [6.45, 7) is 8.82. The van der Waals surface area contributed by atoms with Crippen molar-refractivity contribution in [1.29, 1.82) is 0 Å². The van der Waals surface area contributed by atoms with Crippen molar-refractivity contribution in [2.45, 2.75) is 6.92 Å². The van der Waals surface area contributed by atoms with Gasteiger partial charge in [-0.2, -0.15) is 0 Å². The van der Waals surface area contributed by atoms with Gasteiger partial charge in [-0.05, 0) is 18.6 Å². The smallest absolute Gasteiger partial charge is 0.269 e. The molecule has 0 unspecified atom stereocenters. The molecule has 0 spiro atoms. The summed E-state index contributed by atoms with van der Waals surface area (Å²) in [5.74, 6) is 1.56. The van der Waals surface area contributed by atoms with Crippen LogP contribution in [0.3, 0.4) is 0 Å². The van der Waals surface area contributed by atoms with Gasteiger partial charge in [0.1, 0.15) is 11.3 Å². The van der Waals surface area contributed by atoms with Gasteiger partial charge in [0.15, 0.2) is 11.9 Å². The zero-order valence-electron chi connectivity index (χ0n) is 11.7. The van der Waals surface area contributed by atoms with Crippen LogP contribution >= 0.6 is 0 Å². The molecule has 0 amide bonds. The van der Waals surface area contributed by atoms with E-state index in [4.69, 9.17) is 17.0 Å². The topological polar surface area (TPSA) is 70.3 Å². The number of nitrogens with zero attached hydrogens (tertiary/aromatic N) is 4. The number of nitrogens with two attached hydrogens (primary N) is 1. The van der Waals surface area contributed by atoms with E-state index in [-0.39, 0.29) is 0 Å². The fourth-order valence-electron chi connectivity index (χ4n) is 2.11. The van der Waals surface area contributed by atoms with Crippen molar-refractivity contribution in [3.05, 3.63) is 47.7 Å². The number of aryl methyl sites for hydroxylation is 2. The summed E-state index contributed by atoms with van der Waals surface area (Å²) in [5.41, 5.74) is 9.05. The lowest BCUT2D eigenvalue weighted by Gasteiger charge is -2.09. The van der Waals surface area contributed by atoms with E-state index in [0.29, 0.717) is 23.0 Å². The Morgan fingerprint density at radius 2 is 2.10 bits per heavy atom. The van der Waals surface area contributed by atoms with E-state index in [1.165, 1.54) is 0 Å². The van der Waals surface area contributed by atoms with E-state index in [9.17, 15) is 0 Å². The van der Waals surface area contributed by atoms with Gasteiger partial charge in [0, 0.05) is 19.2 Å². The zero-order chi connectivity index (χ0) is 15.0. The van der Waals surface area contributed by atoms with Crippen molar-refractivity contribution in [3.63, 3.8) is 0 Å². The van der Waals surface area contributed by atoms with Gasteiger partial charge in [-0.15, -0.1) is 4.98 Å². The van der Waals surface area contributed by atoms with Crippen LogP contribution in [0.25, 0.3) is 15.9 Å². The maximum Gasteiger partial charge on any atom is 0.269 e. The Labute approximate surface area is 121 Å². The summed E-state index contributed by atoms with van der Waals surface area (Å²) >= 11 is 0. The van der Waals surface area contributed by atoms with Crippen LogP contribution in [0.2, 0.25) is 0 Å². The van der Waals surface area contributed by atoms with Gasteiger partial charge in [-0.3, -0.25) is 0 Å². The highest BCUT2D eigenvalue weighted by Gasteiger charge is 2.10. The lowest BCUT2D eigenvalue weighted by molar-refractivity contribution is 0.477. The van der Waals surface area contributed by atoms with Crippen molar-refractivity contribution in [2.75, 3.05) is 5.73 Å². The van der Waals surface area contributed by atoms with Crippen LogP contribution in [0.15, 0.2) is 30.7 Å². The van der Waals surface area contributed by atoms with Crippen molar-refractivity contribution >= 4 is 22.5 Å². The minimum absolute atomic E-state index is 0.349. The third-order valence-electron chi connectivity index (χ3n) is 3.22. The second-order valence-corrected chi connectivity index (χ2v) is 4.76. The first kappa shape index (κ1) is 12.9. The molecule has 2 heterocycles. The summed E-state index contributed by atoms with van der Waals surface area (Å²) in [7, 11) is 1.90. The van der Waals surface area contributed by atoms with Crippen LogP contribution in [0.5, 0.6) is 11.5 Å². The van der Waals surface area contributed by atoms with E-state index < -0.39 is 0 Å². The summed E-state index contributed by atoms with van der Waals surface area (Å²) in [5, 5.41) is 0. The van der Waals surface area contributed by atoms with E-state index in [1.54, 1.807) is 24.7 Å². The zero-order valence-corrected chi connectivity index (χ0v) is 11.7. The molecule has 0 atom stereocenters. The van der Waals surface area contributed by atoms with Gasteiger partial charge >= 0.3 is 0 Å². The number of pyridine rings is 1. The van der Waals surface area contributed by atoms with Gasteiger partial charge in [-0.1, -0.05) is 6.57 Å². The van der Waals surface area contributed by atoms with E-state index in [1.807, 2.05) is 24.6 Å². The highest BCUT2D eigenvalue weighted by molar-refractivity contribution is 5.88. The molecular formula is C15H13N5O. The van der Waals surface area contributed by atoms with Crippen LogP contribution < -0.4 is 10.5 Å². The maximum absolute atomic E-state index is 6.95. The molecule has 0 radical (unpaired) electrons. The monoisotopic (exact) mass is 279 g/mol. The molecule has 3 rings (SSSR count). The van der Waals surface area contributed by atoms with Gasteiger partial charge in [-0.25, -0.2) is 4.98 Å². The van der Waals surface area contributed by atoms with E-state index in [2.05, 4.69) is 14.8 Å². The van der Waals surface area contributed by atoms with E-state index in [0.717, 1.165) is 16.6 Å². The number of ether oxygens (including phenoxy) is 1. The molecule has 0 aliphatic rings. The Hall–Kier alpha value is -3.07. The number of imidazole rings is 1. The minimum Gasteiger partial charge on any atom is -0.453 e. The Balaban J connectivity index is 2.02. The third-order valence-corrected chi connectivity index (χ3v) is 3.22. The number of hydrogen-bond acceptors (Lipinski definition) is 4. The summed E-state index contributed by atoms with van der Waals surface area (Å²) in [4.78, 5) is 11.6. The van der Waals surface area contributed by atoms with Gasteiger partial charge in [0.05, 0.1) is 17.5 Å². The number of aromatic nitrogens is 3. The molecular weight excluding hydrogens is 266 g/mol. The van der Waals surface area contributed by atoms with Crippen LogP contribution in [0.1, 0.15) is 5.56 Å². The molecule has 0 bridgehead atoms. The van der Waals surface area contributed by atoms with Crippen molar-refractivity contribution in [1.82, 2.24) is 14.5 Å². The van der Waals surface area contributed by atoms with Gasteiger partial charge in [0.25, 0.3) is 5.82 Å². The molecule has 0 saturated carbocycles. The predicted molar refractivity (Wildman–Crippen MR) is 80.4 cm³/mol. The number of anilines is 1. The molecule has 104 valence electrons. The molecule has 21 heavy (non-hydrogen) atoms. The molecule has 0 saturated heterocycles. The fraction of sp³-hybridized carbons (Fsp3) is 0.133. The normalized spacial score (nSPS) is 10.5. The third kappa shape index (κ3) is 2.25. The summed E-state index contributed by atoms with van der Waals surface area (Å²) in [6.07, 6.45) is 3.26. The molecule has 0 aliphatic heterocycles. The second-order valence-electron chi connectivity index (χ2n) is 4.76. The van der Waals surface area contributed by atoms with Crippen LogP contribution in [0.4, 0.5) is 11.5 Å². The van der Waals surface area contributed by atoms with Crippen molar-refractivity contribution in [3.8, 4) is 11.5 Å². The molecule has 1 aromatic carbocycles. The molecule has 0 fully saturated rings. The highest BCUT2D eigenvalue weighted by atomic mass is 16.5. The Morgan fingerprint density at radius 3 is 2.81 bits per heavy atom. The first-order valence-electron chi connectivity index (χ1n) is 6.31. The van der Waals surface area contributed by atoms with Crippen LogP contribution in [-0.2, 0) is 7.05 Å². The standard InChI is InChI=1S/C15H13N5O/c1-9-4-14(17-2)18-7-13(9)21-10-5-11(16)15-12(6-10)20(3)8-19-15/h4-8H,16H2,1,3H3.